The molecular formula is C26H35ClO10. The highest BCUT2D eigenvalue weighted by atomic mass is 35.5. The number of ether oxygens (including phenoxy) is 5. The third kappa shape index (κ3) is 3.77. The fraction of sp³-hybridized carbons (Fsp3) is 0.808. The maximum absolute atomic E-state index is 12.9. The van der Waals surface area contributed by atoms with Crippen LogP contribution in [0.2, 0.25) is 0 Å². The average Bonchev–Trinajstić information content (AvgIpc) is 3.75. The molecule has 10 nitrogen and oxygen atoms in total. The van der Waals surface area contributed by atoms with E-state index in [1.54, 1.807) is 6.92 Å². The Kier molecular flexibility index (Phi) is 6.47. The minimum Gasteiger partial charge on any atom is -0.459 e. The van der Waals surface area contributed by atoms with Gasteiger partial charge in [-0.25, -0.2) is 0 Å². The molecule has 2 aliphatic carbocycles. The molecule has 5 rings (SSSR count). The molecule has 11 heteroatoms. The molecule has 206 valence electrons. The van der Waals surface area contributed by atoms with Crippen molar-refractivity contribution in [2.45, 2.75) is 107 Å². The number of alkyl halides is 1. The molecule has 37 heavy (non-hydrogen) atoms. The van der Waals surface area contributed by atoms with Crippen molar-refractivity contribution < 1.29 is 48.3 Å². The third-order valence-corrected chi connectivity index (χ3v) is 9.78. The van der Waals surface area contributed by atoms with Crippen LogP contribution in [-0.2, 0) is 38.1 Å². The lowest BCUT2D eigenvalue weighted by molar-refractivity contribution is -0.223. The van der Waals surface area contributed by atoms with Gasteiger partial charge in [0, 0.05) is 30.6 Å². The first kappa shape index (κ1) is 26.9. The zero-order valence-corrected chi connectivity index (χ0v) is 22.3. The molecular weight excluding hydrogens is 508 g/mol. The molecule has 2 saturated carbocycles. The lowest BCUT2D eigenvalue weighted by Gasteiger charge is -2.54. The second kappa shape index (κ2) is 8.91. The van der Waals surface area contributed by atoms with Crippen LogP contribution in [0, 0.1) is 23.2 Å². The molecule has 0 aromatic rings. The van der Waals surface area contributed by atoms with Gasteiger partial charge in [-0.3, -0.25) is 14.4 Å². The number of aliphatic hydroxyl groups is 2. The molecule has 5 fully saturated rings. The maximum atomic E-state index is 12.9. The molecule has 0 amide bonds. The van der Waals surface area contributed by atoms with Crippen molar-refractivity contribution >= 4 is 29.5 Å². The zero-order valence-electron chi connectivity index (χ0n) is 21.6. The summed E-state index contributed by atoms with van der Waals surface area (Å²) in [5, 5.41) is 23.0. The Morgan fingerprint density at radius 3 is 2.46 bits per heavy atom. The topological polar surface area (TPSA) is 144 Å². The first-order valence-corrected chi connectivity index (χ1v) is 13.3. The number of carbonyl (C=O) groups excluding carboxylic acids is 3. The standard InChI is InChI=1S/C26H35ClO10/c1-7-8-13(29)34-16-9(2)14-21(33-12(5)28)26(32)11(4)24(31)37-22(26)15(27)10(3)17-18(35-17)20(30)25(14,6)23-19(16)36-23/h9,11,14-23,30,32H,3,7-8H2,1-2,4-6H3/t9-,11+,14-,15+,16-,17-,18-,19+,20-,21-,22+,23+,25+,26-/m1/s1. The van der Waals surface area contributed by atoms with Gasteiger partial charge in [-0.15, -0.1) is 11.6 Å². The normalized spacial score (nSPS) is 52.0. The second-order valence-electron chi connectivity index (χ2n) is 11.4. The van der Waals surface area contributed by atoms with Crippen LogP contribution in [0.15, 0.2) is 12.2 Å². The van der Waals surface area contributed by atoms with Gasteiger partial charge in [0.25, 0.3) is 0 Å². The number of halogens is 1. The van der Waals surface area contributed by atoms with Gasteiger partial charge >= 0.3 is 17.9 Å². The number of carbonyl (C=O) groups is 3. The molecule has 0 aromatic heterocycles. The lowest BCUT2D eigenvalue weighted by Crippen LogP contribution is -2.69. The monoisotopic (exact) mass is 542 g/mol. The highest BCUT2D eigenvalue weighted by Crippen LogP contribution is 2.63. The third-order valence-electron chi connectivity index (χ3n) is 9.27. The molecule has 5 aliphatic rings. The summed E-state index contributed by atoms with van der Waals surface area (Å²) >= 11 is 6.74. The molecule has 0 bridgehead atoms. The van der Waals surface area contributed by atoms with E-state index in [2.05, 4.69) is 6.58 Å². The predicted molar refractivity (Wildman–Crippen MR) is 127 cm³/mol. The Bertz CT molecular complexity index is 1020. The van der Waals surface area contributed by atoms with Crippen LogP contribution in [-0.4, -0.2) is 87.9 Å². The second-order valence-corrected chi connectivity index (χ2v) is 11.9. The van der Waals surface area contributed by atoms with Crippen LogP contribution >= 0.6 is 11.6 Å². The van der Waals surface area contributed by atoms with E-state index in [1.165, 1.54) is 13.8 Å². The van der Waals surface area contributed by atoms with E-state index in [0.717, 1.165) is 0 Å². The summed E-state index contributed by atoms with van der Waals surface area (Å²) in [6.07, 6.45) is -6.05. The molecule has 0 unspecified atom stereocenters. The molecule has 0 radical (unpaired) electrons. The summed E-state index contributed by atoms with van der Waals surface area (Å²) in [6.45, 7) is 12.2. The number of esters is 3. The maximum Gasteiger partial charge on any atom is 0.312 e. The summed E-state index contributed by atoms with van der Waals surface area (Å²) < 4.78 is 29.2. The lowest BCUT2D eigenvalue weighted by atomic mass is 9.53. The van der Waals surface area contributed by atoms with Gasteiger partial charge < -0.3 is 33.9 Å². The Balaban J connectivity index is 1.67. The van der Waals surface area contributed by atoms with Crippen molar-refractivity contribution in [2.24, 2.45) is 23.2 Å². The number of aliphatic hydroxyl groups excluding tert-OH is 1. The molecule has 3 heterocycles. The fourth-order valence-corrected chi connectivity index (χ4v) is 7.53. The van der Waals surface area contributed by atoms with Crippen LogP contribution in [0.3, 0.4) is 0 Å². The molecule has 3 aliphatic heterocycles. The quantitative estimate of drug-likeness (QED) is 0.175. The highest BCUT2D eigenvalue weighted by Gasteiger charge is 2.77. The van der Waals surface area contributed by atoms with Gasteiger partial charge in [-0.2, -0.15) is 0 Å². The van der Waals surface area contributed by atoms with Crippen molar-refractivity contribution in [3.05, 3.63) is 12.2 Å². The van der Waals surface area contributed by atoms with Crippen LogP contribution < -0.4 is 0 Å². The minimum absolute atomic E-state index is 0.220. The number of epoxide rings is 2. The van der Waals surface area contributed by atoms with Crippen LogP contribution in [0.4, 0.5) is 0 Å². The Morgan fingerprint density at radius 2 is 1.84 bits per heavy atom. The smallest absolute Gasteiger partial charge is 0.312 e. The first-order valence-electron chi connectivity index (χ1n) is 12.9. The Hall–Kier alpha value is -1.72. The number of hydrogen-bond donors (Lipinski definition) is 2. The van der Waals surface area contributed by atoms with Crippen molar-refractivity contribution in [1.29, 1.82) is 0 Å². The van der Waals surface area contributed by atoms with Crippen molar-refractivity contribution in [1.82, 2.24) is 0 Å². The first-order chi connectivity index (χ1) is 17.3. The Labute approximate surface area is 220 Å². The number of rotatable bonds is 4. The van der Waals surface area contributed by atoms with Gasteiger partial charge in [0.1, 0.15) is 30.5 Å². The van der Waals surface area contributed by atoms with E-state index in [1.807, 2.05) is 13.8 Å². The van der Waals surface area contributed by atoms with E-state index in [4.69, 9.17) is 35.3 Å². The molecule has 0 aromatic carbocycles. The Morgan fingerprint density at radius 1 is 1.16 bits per heavy atom. The molecule has 2 N–H and O–H groups in total. The van der Waals surface area contributed by atoms with E-state index in [0.29, 0.717) is 12.0 Å². The predicted octanol–water partition coefficient (Wildman–Crippen LogP) is 1.27. The summed E-state index contributed by atoms with van der Waals surface area (Å²) in [5.41, 5.74) is -2.86. The molecule has 3 saturated heterocycles. The van der Waals surface area contributed by atoms with E-state index in [9.17, 15) is 24.6 Å². The fourth-order valence-electron chi connectivity index (χ4n) is 7.15. The summed E-state index contributed by atoms with van der Waals surface area (Å²) in [4.78, 5) is 37.9. The van der Waals surface area contributed by atoms with Crippen LogP contribution in [0.5, 0.6) is 0 Å². The summed E-state index contributed by atoms with van der Waals surface area (Å²) in [6, 6.07) is 0. The molecule has 0 spiro atoms. The van der Waals surface area contributed by atoms with Crippen molar-refractivity contribution in [3.63, 3.8) is 0 Å². The summed E-state index contributed by atoms with van der Waals surface area (Å²) in [5.74, 6) is -4.32. The van der Waals surface area contributed by atoms with Gasteiger partial charge in [0.2, 0.25) is 0 Å². The van der Waals surface area contributed by atoms with E-state index < -0.39 is 101 Å². The van der Waals surface area contributed by atoms with Crippen LogP contribution in [0.1, 0.15) is 47.5 Å². The van der Waals surface area contributed by atoms with Gasteiger partial charge in [0.15, 0.2) is 11.7 Å². The SMILES string of the molecule is C=C1[C@H]2O[C@H]2[C@@H](O)[C@]2(C)[C@H]([C@@H](C)[C@@H](OC(=O)CCC)[C@@H]3O[C@@H]32)[C@@H](OC(C)=O)[C@]2(O)[C@@H](C)C(=O)O[C@H]2[C@H]1Cl. The number of fused-ring (bicyclic) bond motifs is 5. The summed E-state index contributed by atoms with van der Waals surface area (Å²) in [7, 11) is 0. The van der Waals surface area contributed by atoms with Crippen molar-refractivity contribution in [2.75, 3.05) is 0 Å². The van der Waals surface area contributed by atoms with Crippen molar-refractivity contribution in [3.8, 4) is 0 Å². The van der Waals surface area contributed by atoms with E-state index >= 15 is 0 Å². The van der Waals surface area contributed by atoms with E-state index in [-0.39, 0.29) is 6.42 Å². The van der Waals surface area contributed by atoms with Gasteiger partial charge in [0.05, 0.1) is 23.5 Å². The van der Waals surface area contributed by atoms with Crippen LogP contribution in [0.25, 0.3) is 0 Å². The van der Waals surface area contributed by atoms with Gasteiger partial charge in [-0.05, 0) is 18.9 Å². The minimum atomic E-state index is -2.08. The largest absolute Gasteiger partial charge is 0.459 e. The highest BCUT2D eigenvalue weighted by molar-refractivity contribution is 6.23. The molecule has 14 atom stereocenters. The number of hydrogen-bond acceptors (Lipinski definition) is 10. The van der Waals surface area contributed by atoms with Gasteiger partial charge in [-0.1, -0.05) is 27.4 Å². The average molecular weight is 543 g/mol. The zero-order chi connectivity index (χ0) is 27.2.